The van der Waals surface area contributed by atoms with Crippen LogP contribution in [-0.2, 0) is 0 Å². The molecule has 2 nitrogen and oxygen atoms in total. The van der Waals surface area contributed by atoms with Gasteiger partial charge in [-0.1, -0.05) is 39.1 Å². The van der Waals surface area contributed by atoms with Crippen LogP contribution < -0.4 is 0 Å². The van der Waals surface area contributed by atoms with Crippen molar-refractivity contribution in [1.29, 1.82) is 0 Å². The van der Waals surface area contributed by atoms with Crippen LogP contribution in [0.15, 0.2) is 6.07 Å². The molecule has 0 aromatic carbocycles. The predicted molar refractivity (Wildman–Crippen MR) is 69.7 cm³/mol. The van der Waals surface area contributed by atoms with Crippen LogP contribution in [0.1, 0.15) is 17.3 Å². The topological polar surface area (TPSA) is 20.3 Å². The molecule has 1 amide bonds. The van der Waals surface area contributed by atoms with Gasteiger partial charge in [-0.2, -0.15) is 0 Å². The average Bonchev–Trinajstić information content (AvgIpc) is 2.53. The molecule has 0 N–H and O–H groups in total. The molecule has 0 aliphatic carbocycles. The van der Waals surface area contributed by atoms with E-state index in [1.165, 1.54) is 11.3 Å². The fraction of sp³-hybridized carbons (Fsp3) is 0.444. The van der Waals surface area contributed by atoms with E-state index in [0.29, 0.717) is 27.3 Å². The third kappa shape index (κ3) is 3.34. The van der Waals surface area contributed by atoms with Gasteiger partial charge in [0, 0.05) is 18.4 Å². The lowest BCUT2D eigenvalue weighted by Gasteiger charge is -2.19. The molecular formula is C9H10BrCl2NOS. The summed E-state index contributed by atoms with van der Waals surface area (Å²) in [5.74, 6) is -0.0647. The highest BCUT2D eigenvalue weighted by Crippen LogP contribution is 2.31. The zero-order valence-corrected chi connectivity index (χ0v) is 12.0. The monoisotopic (exact) mass is 329 g/mol. The molecule has 1 aromatic rings. The van der Waals surface area contributed by atoms with E-state index in [2.05, 4.69) is 15.9 Å². The van der Waals surface area contributed by atoms with Gasteiger partial charge in [-0.05, 0) is 13.0 Å². The molecule has 1 rings (SSSR count). The van der Waals surface area contributed by atoms with Crippen LogP contribution in [0, 0.1) is 0 Å². The van der Waals surface area contributed by atoms with E-state index >= 15 is 0 Å². The molecular weight excluding hydrogens is 321 g/mol. The van der Waals surface area contributed by atoms with Gasteiger partial charge in [0.15, 0.2) is 0 Å². The largest absolute Gasteiger partial charge is 0.338 e. The van der Waals surface area contributed by atoms with Gasteiger partial charge < -0.3 is 4.90 Å². The number of hydrogen-bond acceptors (Lipinski definition) is 2. The third-order valence-corrected chi connectivity index (χ3v) is 3.75. The number of carbonyl (C=O) groups excluding carboxylic acids is 1. The summed E-state index contributed by atoms with van der Waals surface area (Å²) in [6, 6.07) is 1.62. The van der Waals surface area contributed by atoms with E-state index in [1.54, 1.807) is 11.0 Å². The fourth-order valence-corrected chi connectivity index (χ4v) is 3.04. The minimum absolute atomic E-state index is 0.0647. The van der Waals surface area contributed by atoms with Crippen LogP contribution in [0.4, 0.5) is 0 Å². The number of amides is 1. The molecule has 0 radical (unpaired) electrons. The van der Waals surface area contributed by atoms with Gasteiger partial charge in [0.05, 0.1) is 9.90 Å². The second-order valence-corrected chi connectivity index (χ2v) is 5.89. The molecule has 0 unspecified atom stereocenters. The van der Waals surface area contributed by atoms with Gasteiger partial charge in [0.1, 0.15) is 4.34 Å². The first-order valence-corrected chi connectivity index (χ1v) is 7.09. The van der Waals surface area contributed by atoms with Crippen LogP contribution in [0.5, 0.6) is 0 Å². The standard InChI is InChI=1S/C9H10BrCl2NOS/c1-2-13(4-3-10)9(14)6-5-7(11)15-8(6)12/h5H,2-4H2,1H3. The lowest BCUT2D eigenvalue weighted by molar-refractivity contribution is 0.0775. The predicted octanol–water partition coefficient (Wildman–Crippen LogP) is 3.91. The van der Waals surface area contributed by atoms with Gasteiger partial charge in [-0.25, -0.2) is 0 Å². The minimum atomic E-state index is -0.0647. The number of rotatable bonds is 4. The number of nitrogens with zero attached hydrogens (tertiary/aromatic N) is 1. The zero-order valence-electron chi connectivity index (χ0n) is 8.10. The summed E-state index contributed by atoms with van der Waals surface area (Å²) in [7, 11) is 0. The van der Waals surface area contributed by atoms with Gasteiger partial charge in [0.25, 0.3) is 5.91 Å². The number of thiophene rings is 1. The van der Waals surface area contributed by atoms with Gasteiger partial charge in [-0.15, -0.1) is 11.3 Å². The maximum absolute atomic E-state index is 12.0. The average molecular weight is 331 g/mol. The smallest absolute Gasteiger partial charge is 0.256 e. The highest BCUT2D eigenvalue weighted by molar-refractivity contribution is 9.09. The Morgan fingerprint density at radius 2 is 2.27 bits per heavy atom. The molecule has 0 bridgehead atoms. The van der Waals surface area contributed by atoms with Crippen LogP contribution in [-0.4, -0.2) is 29.2 Å². The van der Waals surface area contributed by atoms with Crippen LogP contribution in [0.25, 0.3) is 0 Å². The Labute approximate surface area is 111 Å². The lowest BCUT2D eigenvalue weighted by Crippen LogP contribution is -2.32. The molecule has 0 aliphatic rings. The molecule has 1 heterocycles. The van der Waals surface area contributed by atoms with E-state index in [4.69, 9.17) is 23.2 Å². The van der Waals surface area contributed by atoms with E-state index in [9.17, 15) is 4.79 Å². The van der Waals surface area contributed by atoms with Gasteiger partial charge in [-0.3, -0.25) is 4.79 Å². The van der Waals surface area contributed by atoms with Crippen molar-refractivity contribution in [3.63, 3.8) is 0 Å². The first-order chi connectivity index (χ1) is 7.10. The van der Waals surface area contributed by atoms with E-state index in [1.807, 2.05) is 6.92 Å². The molecule has 0 spiro atoms. The summed E-state index contributed by atoms with van der Waals surface area (Å²) in [5, 5.41) is 0.752. The summed E-state index contributed by atoms with van der Waals surface area (Å²) in [4.78, 5) is 13.7. The SMILES string of the molecule is CCN(CCBr)C(=O)c1cc(Cl)sc1Cl. The molecule has 0 fully saturated rings. The molecule has 0 aliphatic heterocycles. The van der Waals surface area contributed by atoms with E-state index in [0.717, 1.165) is 5.33 Å². The molecule has 84 valence electrons. The van der Waals surface area contributed by atoms with Crippen molar-refractivity contribution < 1.29 is 4.79 Å². The van der Waals surface area contributed by atoms with Crippen molar-refractivity contribution in [2.45, 2.75) is 6.92 Å². The maximum atomic E-state index is 12.0. The number of alkyl halides is 1. The van der Waals surface area contributed by atoms with Crippen molar-refractivity contribution in [2.24, 2.45) is 0 Å². The maximum Gasteiger partial charge on any atom is 0.256 e. The molecule has 15 heavy (non-hydrogen) atoms. The highest BCUT2D eigenvalue weighted by Gasteiger charge is 2.18. The second kappa shape index (κ2) is 6.09. The van der Waals surface area contributed by atoms with E-state index < -0.39 is 0 Å². The Kier molecular flexibility index (Phi) is 5.39. The van der Waals surface area contributed by atoms with Crippen molar-refractivity contribution in [3.05, 3.63) is 20.3 Å². The molecule has 0 saturated heterocycles. The summed E-state index contributed by atoms with van der Waals surface area (Å²) in [6.45, 7) is 3.26. The normalized spacial score (nSPS) is 10.4. The Balaban J connectivity index is 2.87. The van der Waals surface area contributed by atoms with Crippen LogP contribution >= 0.6 is 50.5 Å². The Morgan fingerprint density at radius 3 is 2.67 bits per heavy atom. The Morgan fingerprint density at radius 1 is 1.60 bits per heavy atom. The van der Waals surface area contributed by atoms with Crippen molar-refractivity contribution in [2.75, 3.05) is 18.4 Å². The molecule has 6 heteroatoms. The van der Waals surface area contributed by atoms with Crippen molar-refractivity contribution in [3.8, 4) is 0 Å². The van der Waals surface area contributed by atoms with Crippen LogP contribution in [0.3, 0.4) is 0 Å². The van der Waals surface area contributed by atoms with E-state index in [-0.39, 0.29) is 5.91 Å². The number of hydrogen-bond donors (Lipinski definition) is 0. The fourth-order valence-electron chi connectivity index (χ4n) is 1.16. The van der Waals surface area contributed by atoms with Crippen molar-refractivity contribution in [1.82, 2.24) is 4.90 Å². The quantitative estimate of drug-likeness (QED) is 0.766. The summed E-state index contributed by atoms with van der Waals surface area (Å²) in [6.07, 6.45) is 0. The van der Waals surface area contributed by atoms with Gasteiger partial charge >= 0.3 is 0 Å². The van der Waals surface area contributed by atoms with Crippen molar-refractivity contribution >= 4 is 56.4 Å². The number of carbonyl (C=O) groups is 1. The summed E-state index contributed by atoms with van der Waals surface area (Å²) >= 11 is 16.2. The highest BCUT2D eigenvalue weighted by atomic mass is 79.9. The third-order valence-electron chi connectivity index (χ3n) is 1.91. The van der Waals surface area contributed by atoms with Crippen LogP contribution in [0.2, 0.25) is 8.67 Å². The zero-order chi connectivity index (χ0) is 11.4. The second-order valence-electron chi connectivity index (χ2n) is 2.81. The number of halogens is 3. The minimum Gasteiger partial charge on any atom is -0.338 e. The Hall–Kier alpha value is 0.230. The van der Waals surface area contributed by atoms with Gasteiger partial charge in [0.2, 0.25) is 0 Å². The summed E-state index contributed by atoms with van der Waals surface area (Å²) in [5.41, 5.74) is 0.495. The molecule has 0 atom stereocenters. The lowest BCUT2D eigenvalue weighted by atomic mass is 10.3. The first kappa shape index (κ1) is 13.3. The Bertz CT molecular complexity index is 356. The summed E-state index contributed by atoms with van der Waals surface area (Å²) < 4.78 is 0.997. The first-order valence-electron chi connectivity index (χ1n) is 4.40. The molecule has 0 saturated carbocycles. The molecule has 1 aromatic heterocycles.